The molecule has 22 heavy (non-hydrogen) atoms. The van der Waals surface area contributed by atoms with Crippen LogP contribution in [0.2, 0.25) is 0 Å². The highest BCUT2D eigenvalue weighted by Crippen LogP contribution is 2.22. The first-order valence-electron chi connectivity index (χ1n) is 6.82. The second-order valence-corrected chi connectivity index (χ2v) is 4.55. The lowest BCUT2D eigenvalue weighted by Crippen LogP contribution is -2.21. The van der Waals surface area contributed by atoms with E-state index in [0.717, 1.165) is 11.1 Å². The summed E-state index contributed by atoms with van der Waals surface area (Å²) in [4.78, 5) is 10.7. The quantitative estimate of drug-likeness (QED) is 0.548. The summed E-state index contributed by atoms with van der Waals surface area (Å²) < 4.78 is 15.5. The zero-order valence-electron chi connectivity index (χ0n) is 12.3. The van der Waals surface area contributed by atoms with E-state index in [1.807, 2.05) is 24.3 Å². The van der Waals surface area contributed by atoms with Gasteiger partial charge < -0.3 is 24.1 Å². The molecule has 0 fully saturated rings. The van der Waals surface area contributed by atoms with Crippen molar-refractivity contribution < 1.29 is 24.1 Å². The number of benzene rings is 2. The van der Waals surface area contributed by atoms with Gasteiger partial charge in [-0.1, -0.05) is 36.4 Å². The van der Waals surface area contributed by atoms with Gasteiger partial charge in [0.05, 0.1) is 19.2 Å². The third-order valence-electron chi connectivity index (χ3n) is 3.05. The molecule has 0 aliphatic heterocycles. The van der Waals surface area contributed by atoms with Gasteiger partial charge in [0.15, 0.2) is 6.79 Å². The van der Waals surface area contributed by atoms with Crippen molar-refractivity contribution in [1.82, 2.24) is 0 Å². The van der Waals surface area contributed by atoms with Gasteiger partial charge in [0.25, 0.3) is 0 Å². The van der Waals surface area contributed by atoms with E-state index in [2.05, 4.69) is 0 Å². The van der Waals surface area contributed by atoms with Gasteiger partial charge in [-0.25, -0.2) is 0 Å². The minimum Gasteiger partial charge on any atom is -0.545 e. The summed E-state index contributed by atoms with van der Waals surface area (Å²) in [5.41, 5.74) is 2.06. The molecule has 0 aliphatic rings. The molecule has 0 saturated carbocycles. The molecule has 0 amide bonds. The minimum absolute atomic E-state index is 0.164. The van der Waals surface area contributed by atoms with E-state index in [4.69, 9.17) is 14.2 Å². The number of aromatic carboxylic acids is 1. The number of methoxy groups -OCH3 is 1. The van der Waals surface area contributed by atoms with Gasteiger partial charge in [0.1, 0.15) is 5.75 Å². The van der Waals surface area contributed by atoms with Crippen molar-refractivity contribution >= 4 is 5.97 Å². The van der Waals surface area contributed by atoms with Gasteiger partial charge in [-0.05, 0) is 28.8 Å². The van der Waals surface area contributed by atoms with Crippen LogP contribution in [0, 0.1) is 0 Å². The molecule has 0 aliphatic carbocycles. The fourth-order valence-electron chi connectivity index (χ4n) is 1.85. The highest BCUT2D eigenvalue weighted by atomic mass is 16.7. The Morgan fingerprint density at radius 1 is 0.955 bits per heavy atom. The number of rotatable bonds is 8. The fraction of sp³-hybridized carbons (Fsp3) is 0.235. The smallest absolute Gasteiger partial charge is 0.189 e. The summed E-state index contributed by atoms with van der Waals surface area (Å²) in [6, 6.07) is 14.0. The Labute approximate surface area is 129 Å². The molecular weight excluding hydrogens is 284 g/mol. The lowest BCUT2D eigenvalue weighted by molar-refractivity contribution is -0.255. The van der Waals surface area contributed by atoms with Gasteiger partial charge in [-0.2, -0.15) is 0 Å². The standard InChI is InChI=1S/C17H18O5/c1-20-10-11-21-12-22-16-8-6-14(7-9-16)13-2-4-15(5-3-13)17(18)19/h2-9H,10-12H2,1H3,(H,18,19)/p-1. The molecule has 0 spiro atoms. The topological polar surface area (TPSA) is 67.8 Å². The number of carbonyl (C=O) groups excluding carboxylic acids is 1. The van der Waals surface area contributed by atoms with E-state index in [0.29, 0.717) is 19.0 Å². The normalized spacial score (nSPS) is 10.4. The van der Waals surface area contributed by atoms with Crippen LogP contribution in [-0.2, 0) is 9.47 Å². The van der Waals surface area contributed by atoms with Gasteiger partial charge in [0, 0.05) is 7.11 Å². The van der Waals surface area contributed by atoms with Crippen molar-refractivity contribution in [3.05, 3.63) is 54.1 Å². The average molecular weight is 301 g/mol. The molecule has 0 saturated heterocycles. The van der Waals surface area contributed by atoms with Crippen molar-refractivity contribution in [2.24, 2.45) is 0 Å². The molecule has 0 aromatic heterocycles. The van der Waals surface area contributed by atoms with Crippen LogP contribution < -0.4 is 9.84 Å². The Morgan fingerprint density at radius 3 is 2.09 bits per heavy atom. The maximum absolute atomic E-state index is 10.7. The second-order valence-electron chi connectivity index (χ2n) is 4.55. The Balaban J connectivity index is 1.92. The van der Waals surface area contributed by atoms with E-state index >= 15 is 0 Å². The largest absolute Gasteiger partial charge is 0.545 e. The molecular formula is C17H17O5-. The summed E-state index contributed by atoms with van der Waals surface area (Å²) in [5, 5.41) is 10.7. The number of carboxylic acid groups (broad SMARTS) is 1. The van der Waals surface area contributed by atoms with Crippen molar-refractivity contribution in [2.75, 3.05) is 27.1 Å². The van der Waals surface area contributed by atoms with E-state index in [1.165, 1.54) is 12.1 Å². The van der Waals surface area contributed by atoms with Crippen molar-refractivity contribution in [2.45, 2.75) is 0 Å². The molecule has 5 heteroatoms. The molecule has 2 rings (SSSR count). The highest BCUT2D eigenvalue weighted by molar-refractivity contribution is 5.86. The molecule has 0 N–H and O–H groups in total. The summed E-state index contributed by atoms with van der Waals surface area (Å²) in [6.07, 6.45) is 0. The molecule has 5 nitrogen and oxygen atoms in total. The van der Waals surface area contributed by atoms with Gasteiger partial charge in [0.2, 0.25) is 0 Å². The van der Waals surface area contributed by atoms with Gasteiger partial charge in [-0.3, -0.25) is 0 Å². The van der Waals surface area contributed by atoms with Crippen LogP contribution >= 0.6 is 0 Å². The highest BCUT2D eigenvalue weighted by Gasteiger charge is 2.00. The monoisotopic (exact) mass is 301 g/mol. The Kier molecular flexibility index (Phi) is 5.94. The number of carbonyl (C=O) groups is 1. The van der Waals surface area contributed by atoms with Gasteiger partial charge >= 0.3 is 0 Å². The summed E-state index contributed by atoms with van der Waals surface area (Å²) in [6.45, 7) is 1.19. The van der Waals surface area contributed by atoms with E-state index in [9.17, 15) is 9.90 Å². The lowest BCUT2D eigenvalue weighted by Gasteiger charge is -2.08. The minimum atomic E-state index is -1.18. The van der Waals surface area contributed by atoms with E-state index in [-0.39, 0.29) is 12.4 Å². The molecule has 0 radical (unpaired) electrons. The van der Waals surface area contributed by atoms with Gasteiger partial charge in [-0.15, -0.1) is 0 Å². The molecule has 2 aromatic carbocycles. The maximum atomic E-state index is 10.7. The first-order chi connectivity index (χ1) is 10.7. The Bertz CT molecular complexity index is 589. The van der Waals surface area contributed by atoms with E-state index in [1.54, 1.807) is 19.2 Å². The second kappa shape index (κ2) is 8.17. The third kappa shape index (κ3) is 4.58. The van der Waals surface area contributed by atoms with Crippen LogP contribution in [0.4, 0.5) is 0 Å². The predicted molar refractivity (Wildman–Crippen MR) is 79.5 cm³/mol. The van der Waals surface area contributed by atoms with Crippen LogP contribution in [-0.4, -0.2) is 33.1 Å². The molecule has 116 valence electrons. The molecule has 0 atom stereocenters. The summed E-state index contributed by atoms with van der Waals surface area (Å²) in [7, 11) is 1.61. The molecule has 0 unspecified atom stereocenters. The average Bonchev–Trinajstić information content (AvgIpc) is 2.55. The Morgan fingerprint density at radius 2 is 1.55 bits per heavy atom. The molecule has 0 bridgehead atoms. The third-order valence-corrected chi connectivity index (χ3v) is 3.05. The van der Waals surface area contributed by atoms with Crippen molar-refractivity contribution in [3.63, 3.8) is 0 Å². The van der Waals surface area contributed by atoms with Crippen LogP contribution in [0.25, 0.3) is 11.1 Å². The summed E-state index contributed by atoms with van der Waals surface area (Å²) >= 11 is 0. The zero-order chi connectivity index (χ0) is 15.8. The lowest BCUT2D eigenvalue weighted by atomic mass is 10.0. The first-order valence-corrected chi connectivity index (χ1v) is 6.82. The number of carboxylic acids is 1. The molecule has 0 heterocycles. The predicted octanol–water partition coefficient (Wildman–Crippen LogP) is 1.72. The van der Waals surface area contributed by atoms with Crippen LogP contribution in [0.5, 0.6) is 5.75 Å². The zero-order valence-corrected chi connectivity index (χ0v) is 12.3. The number of hydrogen-bond donors (Lipinski definition) is 0. The Hall–Kier alpha value is -2.37. The maximum Gasteiger partial charge on any atom is 0.189 e. The summed E-state index contributed by atoms with van der Waals surface area (Å²) in [5.74, 6) is -0.476. The van der Waals surface area contributed by atoms with Crippen molar-refractivity contribution in [3.8, 4) is 16.9 Å². The fourth-order valence-corrected chi connectivity index (χ4v) is 1.85. The van der Waals surface area contributed by atoms with E-state index < -0.39 is 5.97 Å². The SMILES string of the molecule is COCCOCOc1ccc(-c2ccc(C(=O)[O-])cc2)cc1. The molecule has 2 aromatic rings. The van der Waals surface area contributed by atoms with Crippen LogP contribution in [0.3, 0.4) is 0 Å². The van der Waals surface area contributed by atoms with Crippen molar-refractivity contribution in [1.29, 1.82) is 0 Å². The first kappa shape index (κ1) is 16.0. The van der Waals surface area contributed by atoms with Crippen LogP contribution in [0.15, 0.2) is 48.5 Å². The van der Waals surface area contributed by atoms with Crippen LogP contribution in [0.1, 0.15) is 10.4 Å². The number of ether oxygens (including phenoxy) is 3. The number of hydrogen-bond acceptors (Lipinski definition) is 5.